The first-order chi connectivity index (χ1) is 13.6. The van der Waals surface area contributed by atoms with E-state index in [-0.39, 0.29) is 0 Å². The maximum Gasteiger partial charge on any atom is 0.265 e. The Bertz CT molecular complexity index is 958. The second-order valence-electron chi connectivity index (χ2n) is 7.90. The molecule has 2 heterocycles. The van der Waals surface area contributed by atoms with Crippen LogP contribution >= 0.6 is 0 Å². The molecule has 0 bridgehead atoms. The number of nitrogens with zero attached hydrogens (tertiary/aromatic N) is 3. The fourth-order valence-electron chi connectivity index (χ4n) is 4.55. The fraction of sp³-hybridized carbons (Fsp3) is 0.545. The minimum atomic E-state index is -3.43. The number of hydrogen-bond donors (Lipinski definition) is 0. The second-order valence-corrected chi connectivity index (χ2v) is 9.73. The molecule has 2 aliphatic rings. The van der Waals surface area contributed by atoms with E-state index in [1.807, 2.05) is 19.1 Å². The first kappa shape index (κ1) is 19.5. The lowest BCUT2D eigenvalue weighted by Crippen LogP contribution is -2.31. The highest BCUT2D eigenvalue weighted by Gasteiger charge is 2.36. The number of benzene rings is 2. The van der Waals surface area contributed by atoms with Crippen molar-refractivity contribution in [3.05, 3.63) is 30.3 Å². The van der Waals surface area contributed by atoms with Crippen LogP contribution < -0.4 is 9.21 Å². The van der Waals surface area contributed by atoms with Gasteiger partial charge in [0, 0.05) is 42.6 Å². The molecule has 0 saturated carbocycles. The van der Waals surface area contributed by atoms with Crippen molar-refractivity contribution in [2.24, 2.45) is 0 Å². The van der Waals surface area contributed by atoms with E-state index in [0.29, 0.717) is 11.4 Å². The Morgan fingerprint density at radius 3 is 2.50 bits per heavy atom. The summed E-state index contributed by atoms with van der Waals surface area (Å²) in [6.07, 6.45) is 4.44. The molecule has 4 rings (SSSR count). The summed E-state index contributed by atoms with van der Waals surface area (Å²) >= 11 is 0. The van der Waals surface area contributed by atoms with E-state index in [4.69, 9.17) is 0 Å². The molecule has 0 atom stereocenters. The van der Waals surface area contributed by atoms with Crippen molar-refractivity contribution < 1.29 is 8.42 Å². The van der Waals surface area contributed by atoms with Crippen LogP contribution in [-0.2, 0) is 10.0 Å². The van der Waals surface area contributed by atoms with Gasteiger partial charge in [-0.3, -0.25) is 4.31 Å². The van der Waals surface area contributed by atoms with Crippen LogP contribution in [0.15, 0.2) is 35.2 Å². The Morgan fingerprint density at radius 1 is 0.893 bits per heavy atom. The van der Waals surface area contributed by atoms with Crippen LogP contribution in [0.3, 0.4) is 0 Å². The van der Waals surface area contributed by atoms with E-state index < -0.39 is 10.0 Å². The van der Waals surface area contributed by atoms with Crippen molar-refractivity contribution in [2.45, 2.75) is 44.4 Å². The quantitative estimate of drug-likeness (QED) is 0.732. The van der Waals surface area contributed by atoms with Gasteiger partial charge in [-0.05, 0) is 50.6 Å². The Hall–Kier alpha value is -1.79. The summed E-state index contributed by atoms with van der Waals surface area (Å²) < 4.78 is 27.7. The van der Waals surface area contributed by atoms with Crippen molar-refractivity contribution in [2.75, 3.05) is 48.5 Å². The third-order valence-electron chi connectivity index (χ3n) is 5.98. The molecule has 2 aliphatic heterocycles. The molecule has 5 nitrogen and oxygen atoms in total. The van der Waals surface area contributed by atoms with E-state index in [9.17, 15) is 8.42 Å². The zero-order valence-corrected chi connectivity index (χ0v) is 17.8. The average molecular weight is 402 g/mol. The lowest BCUT2D eigenvalue weighted by Gasteiger charge is -2.25. The van der Waals surface area contributed by atoms with Gasteiger partial charge in [-0.25, -0.2) is 8.42 Å². The number of unbranched alkanes of at least 4 members (excludes halogenated alkanes) is 1. The summed E-state index contributed by atoms with van der Waals surface area (Å²) in [6, 6.07) is 9.88. The summed E-state index contributed by atoms with van der Waals surface area (Å²) in [7, 11) is -3.43. The minimum absolute atomic E-state index is 0.467. The predicted octanol–water partition coefficient (Wildman–Crippen LogP) is 4.07. The third-order valence-corrected chi connectivity index (χ3v) is 7.83. The summed E-state index contributed by atoms with van der Waals surface area (Å²) in [4.78, 5) is 5.48. The Labute approximate surface area is 169 Å². The highest BCUT2D eigenvalue weighted by Crippen LogP contribution is 2.45. The van der Waals surface area contributed by atoms with Crippen molar-refractivity contribution in [3.8, 4) is 0 Å². The number of anilines is 2. The lowest BCUT2D eigenvalue weighted by molar-refractivity contribution is 0.289. The van der Waals surface area contributed by atoms with E-state index in [0.717, 1.165) is 55.5 Å². The van der Waals surface area contributed by atoms with Crippen LogP contribution in [0.1, 0.15) is 39.5 Å². The molecule has 0 amide bonds. The summed E-state index contributed by atoms with van der Waals surface area (Å²) in [6.45, 7) is 10.2. The van der Waals surface area contributed by atoms with Gasteiger partial charge in [0.05, 0.1) is 10.6 Å². The van der Waals surface area contributed by atoms with Gasteiger partial charge in [0.25, 0.3) is 10.0 Å². The molecular weight excluding hydrogens is 370 g/mol. The van der Waals surface area contributed by atoms with Crippen LogP contribution in [0.2, 0.25) is 0 Å². The monoisotopic (exact) mass is 401 g/mol. The van der Waals surface area contributed by atoms with Gasteiger partial charge in [0.2, 0.25) is 0 Å². The van der Waals surface area contributed by atoms with Crippen LogP contribution in [0, 0.1) is 0 Å². The molecule has 6 heteroatoms. The van der Waals surface area contributed by atoms with Crippen molar-refractivity contribution >= 4 is 32.2 Å². The van der Waals surface area contributed by atoms with Crippen molar-refractivity contribution in [1.82, 2.24) is 4.90 Å². The Balaban J connectivity index is 1.71. The lowest BCUT2D eigenvalue weighted by atomic mass is 10.1. The SMILES string of the molecule is CCCCN1CCCN(c2ccc3c4c(cccc24)S(=O)(=O)N3CCC)CC1. The zero-order valence-electron chi connectivity index (χ0n) is 17.0. The largest absolute Gasteiger partial charge is 0.370 e. The Kier molecular flexibility index (Phi) is 5.52. The average Bonchev–Trinajstić information content (AvgIpc) is 2.85. The van der Waals surface area contributed by atoms with Gasteiger partial charge >= 0.3 is 0 Å². The molecule has 0 aromatic heterocycles. The highest BCUT2D eigenvalue weighted by atomic mass is 32.2. The molecule has 28 heavy (non-hydrogen) atoms. The van der Waals surface area contributed by atoms with E-state index >= 15 is 0 Å². The normalized spacial score (nSPS) is 19.4. The number of hydrogen-bond acceptors (Lipinski definition) is 4. The van der Waals surface area contributed by atoms with E-state index in [1.54, 1.807) is 10.4 Å². The van der Waals surface area contributed by atoms with Crippen LogP contribution in [-0.4, -0.2) is 52.6 Å². The second kappa shape index (κ2) is 7.91. The molecule has 0 aliphatic carbocycles. The van der Waals surface area contributed by atoms with Gasteiger partial charge in [-0.1, -0.05) is 32.4 Å². The predicted molar refractivity (Wildman–Crippen MR) is 117 cm³/mol. The summed E-state index contributed by atoms with van der Waals surface area (Å²) in [5.74, 6) is 0. The van der Waals surface area contributed by atoms with Crippen LogP contribution in [0.25, 0.3) is 10.8 Å². The smallest absolute Gasteiger partial charge is 0.265 e. The van der Waals surface area contributed by atoms with Crippen molar-refractivity contribution in [3.63, 3.8) is 0 Å². The minimum Gasteiger partial charge on any atom is -0.370 e. The van der Waals surface area contributed by atoms with Gasteiger partial charge in [0.15, 0.2) is 0 Å². The summed E-state index contributed by atoms with van der Waals surface area (Å²) in [5.41, 5.74) is 2.02. The molecule has 0 radical (unpaired) electrons. The highest BCUT2D eigenvalue weighted by molar-refractivity contribution is 7.93. The van der Waals surface area contributed by atoms with Crippen LogP contribution in [0.4, 0.5) is 11.4 Å². The maximum absolute atomic E-state index is 13.0. The first-order valence-corrected chi connectivity index (χ1v) is 12.1. The van der Waals surface area contributed by atoms with Gasteiger partial charge in [0.1, 0.15) is 0 Å². The number of rotatable bonds is 6. The molecule has 152 valence electrons. The molecule has 0 unspecified atom stereocenters. The molecule has 1 fully saturated rings. The maximum atomic E-state index is 13.0. The molecule has 0 N–H and O–H groups in total. The molecule has 2 aromatic carbocycles. The van der Waals surface area contributed by atoms with E-state index in [2.05, 4.69) is 28.9 Å². The summed E-state index contributed by atoms with van der Waals surface area (Å²) in [5, 5.41) is 1.97. The topological polar surface area (TPSA) is 43.9 Å². The third kappa shape index (κ3) is 3.26. The molecule has 1 saturated heterocycles. The van der Waals surface area contributed by atoms with Gasteiger partial charge < -0.3 is 9.80 Å². The fourth-order valence-corrected chi connectivity index (χ4v) is 6.34. The van der Waals surface area contributed by atoms with E-state index in [1.165, 1.54) is 25.1 Å². The molecule has 0 spiro atoms. The Morgan fingerprint density at radius 2 is 1.71 bits per heavy atom. The standard InChI is InChI=1S/C22H31N3O2S/c1-3-5-13-23-14-7-15-24(17-16-23)19-10-11-20-22-18(19)8-6-9-21(22)28(26,27)25(20)12-4-2/h6,8-11H,3-5,7,12-17H2,1-2H3. The van der Waals surface area contributed by atoms with Gasteiger partial charge in [-0.2, -0.15) is 0 Å². The number of sulfonamides is 1. The van der Waals surface area contributed by atoms with Gasteiger partial charge in [-0.15, -0.1) is 0 Å². The molecular formula is C22H31N3O2S. The first-order valence-electron chi connectivity index (χ1n) is 10.6. The van der Waals surface area contributed by atoms with Crippen molar-refractivity contribution in [1.29, 1.82) is 0 Å². The zero-order chi connectivity index (χ0) is 19.7. The molecule has 2 aromatic rings. The van der Waals surface area contributed by atoms with Crippen LogP contribution in [0.5, 0.6) is 0 Å².